The summed E-state index contributed by atoms with van der Waals surface area (Å²) >= 11 is 12.0. The van der Waals surface area contributed by atoms with Crippen molar-refractivity contribution in [2.24, 2.45) is 0 Å². The van der Waals surface area contributed by atoms with Gasteiger partial charge in [-0.3, -0.25) is 14.5 Å². The molecule has 1 fully saturated rings. The number of nitrogens with zero attached hydrogens (tertiary/aromatic N) is 1. The molecule has 8 heteroatoms. The summed E-state index contributed by atoms with van der Waals surface area (Å²) in [6.45, 7) is 1.81. The Kier molecular flexibility index (Phi) is 6.45. The maximum absolute atomic E-state index is 13.0. The van der Waals surface area contributed by atoms with E-state index >= 15 is 0 Å². The van der Waals surface area contributed by atoms with E-state index < -0.39 is 23.4 Å². The molecule has 29 heavy (non-hydrogen) atoms. The van der Waals surface area contributed by atoms with Gasteiger partial charge in [-0.2, -0.15) is 0 Å². The van der Waals surface area contributed by atoms with E-state index in [2.05, 4.69) is 10.6 Å². The van der Waals surface area contributed by atoms with Gasteiger partial charge in [-0.15, -0.1) is 0 Å². The van der Waals surface area contributed by atoms with Crippen LogP contribution in [-0.4, -0.2) is 35.8 Å². The van der Waals surface area contributed by atoms with Crippen molar-refractivity contribution in [3.63, 3.8) is 0 Å². The molecule has 0 aromatic heterocycles. The number of rotatable bonds is 7. The second kappa shape index (κ2) is 8.84. The van der Waals surface area contributed by atoms with Crippen molar-refractivity contribution in [3.8, 4) is 0 Å². The van der Waals surface area contributed by atoms with Gasteiger partial charge in [0.2, 0.25) is 5.91 Å². The lowest BCUT2D eigenvalue weighted by atomic mass is 9.87. The van der Waals surface area contributed by atoms with Crippen LogP contribution in [0.15, 0.2) is 48.5 Å². The van der Waals surface area contributed by atoms with Gasteiger partial charge < -0.3 is 10.6 Å². The van der Waals surface area contributed by atoms with Gasteiger partial charge in [-0.25, -0.2) is 4.79 Å². The summed E-state index contributed by atoms with van der Waals surface area (Å²) in [5.74, 6) is -0.842. The summed E-state index contributed by atoms with van der Waals surface area (Å²) in [6.07, 6.45) is 0.888. The number of halogens is 2. The van der Waals surface area contributed by atoms with Crippen LogP contribution in [0.5, 0.6) is 0 Å². The first kappa shape index (κ1) is 21.1. The summed E-state index contributed by atoms with van der Waals surface area (Å²) in [7, 11) is 0. The second-order valence-corrected chi connectivity index (χ2v) is 7.63. The first-order valence-corrected chi connectivity index (χ1v) is 10.0. The van der Waals surface area contributed by atoms with Crippen molar-refractivity contribution in [1.29, 1.82) is 0 Å². The molecule has 4 amide bonds. The van der Waals surface area contributed by atoms with E-state index in [0.29, 0.717) is 35.0 Å². The van der Waals surface area contributed by atoms with Crippen molar-refractivity contribution >= 4 is 41.0 Å². The van der Waals surface area contributed by atoms with Crippen LogP contribution in [0.3, 0.4) is 0 Å². The third kappa shape index (κ3) is 4.38. The number of hydrogen-bond donors (Lipinski definition) is 2. The van der Waals surface area contributed by atoms with Crippen LogP contribution in [-0.2, 0) is 21.5 Å². The van der Waals surface area contributed by atoms with Gasteiger partial charge in [-0.1, -0.05) is 66.5 Å². The Hall–Kier alpha value is -2.57. The van der Waals surface area contributed by atoms with E-state index in [-0.39, 0.29) is 6.54 Å². The van der Waals surface area contributed by atoms with Crippen molar-refractivity contribution in [1.82, 2.24) is 15.5 Å². The Labute approximate surface area is 179 Å². The molecule has 2 aromatic carbocycles. The molecule has 1 saturated heterocycles. The molecule has 2 aromatic rings. The Balaban J connectivity index is 1.61. The maximum atomic E-state index is 13.0. The minimum absolute atomic E-state index is 0.321. The molecule has 6 nitrogen and oxygen atoms in total. The van der Waals surface area contributed by atoms with Gasteiger partial charge in [0.25, 0.3) is 5.91 Å². The van der Waals surface area contributed by atoms with Crippen molar-refractivity contribution in [3.05, 3.63) is 69.7 Å². The fourth-order valence-electron chi connectivity index (χ4n) is 3.39. The third-order valence-corrected chi connectivity index (χ3v) is 5.59. The molecule has 0 saturated carbocycles. The minimum atomic E-state index is -1.14. The quantitative estimate of drug-likeness (QED) is 0.655. The molecule has 0 radical (unpaired) electrons. The molecule has 1 heterocycles. The van der Waals surface area contributed by atoms with Crippen molar-refractivity contribution in [2.45, 2.75) is 25.3 Å². The number of carbonyl (C=O) groups excluding carboxylic acids is 3. The Morgan fingerprint density at radius 1 is 1.14 bits per heavy atom. The maximum Gasteiger partial charge on any atom is 0.325 e. The molecule has 1 aliphatic heterocycles. The summed E-state index contributed by atoms with van der Waals surface area (Å²) in [4.78, 5) is 38.7. The average Bonchev–Trinajstić information content (AvgIpc) is 2.95. The first-order valence-electron chi connectivity index (χ1n) is 9.27. The van der Waals surface area contributed by atoms with Gasteiger partial charge in [0.05, 0.1) is 0 Å². The Morgan fingerprint density at radius 3 is 2.52 bits per heavy atom. The fraction of sp³-hybridized carbons (Fsp3) is 0.286. The smallest absolute Gasteiger partial charge is 0.325 e. The number of urea groups is 1. The van der Waals surface area contributed by atoms with Crippen LogP contribution >= 0.6 is 23.2 Å². The van der Waals surface area contributed by atoms with Crippen LogP contribution in [0.1, 0.15) is 24.5 Å². The van der Waals surface area contributed by atoms with Gasteiger partial charge >= 0.3 is 6.03 Å². The van der Waals surface area contributed by atoms with Crippen molar-refractivity contribution in [2.75, 3.05) is 13.1 Å². The predicted octanol–water partition coefficient (Wildman–Crippen LogP) is 3.51. The summed E-state index contributed by atoms with van der Waals surface area (Å²) < 4.78 is 0. The lowest BCUT2D eigenvalue weighted by Crippen LogP contribution is -2.45. The van der Waals surface area contributed by atoms with Crippen molar-refractivity contribution < 1.29 is 14.4 Å². The van der Waals surface area contributed by atoms with Gasteiger partial charge in [-0.05, 0) is 36.1 Å². The molecule has 0 spiro atoms. The zero-order valence-corrected chi connectivity index (χ0v) is 17.4. The standard InChI is InChI=1S/C21H21Cl2N3O3/c1-2-21(15-6-4-3-5-7-15)19(28)26(20(29)25-21)13-18(27)24-11-10-14-8-9-16(22)12-17(14)23/h3-9,12H,2,10-11,13H2,1H3,(H,24,27)(H,25,29). The molecule has 2 N–H and O–H groups in total. The highest BCUT2D eigenvalue weighted by Gasteiger charge is 2.51. The Bertz CT molecular complexity index is 936. The molecule has 0 bridgehead atoms. The zero-order chi connectivity index (χ0) is 21.0. The first-order chi connectivity index (χ1) is 13.9. The van der Waals surface area contributed by atoms with Crippen LogP contribution in [0.4, 0.5) is 4.79 Å². The molecule has 152 valence electrons. The molecule has 1 unspecified atom stereocenters. The number of hydrogen-bond acceptors (Lipinski definition) is 3. The zero-order valence-electron chi connectivity index (χ0n) is 15.9. The number of benzene rings is 2. The fourth-order valence-corrected chi connectivity index (χ4v) is 3.90. The summed E-state index contributed by atoms with van der Waals surface area (Å²) in [5.41, 5.74) is 0.400. The van der Waals surface area contributed by atoms with E-state index in [4.69, 9.17) is 23.2 Å². The molecule has 3 rings (SSSR count). The number of amides is 4. The molecule has 1 aliphatic rings. The van der Waals surface area contributed by atoms with Crippen LogP contribution in [0.2, 0.25) is 10.0 Å². The number of imide groups is 1. The lowest BCUT2D eigenvalue weighted by Gasteiger charge is -2.25. The largest absolute Gasteiger partial charge is 0.354 e. The molecule has 0 aliphatic carbocycles. The average molecular weight is 434 g/mol. The molecular formula is C21H21Cl2N3O3. The third-order valence-electron chi connectivity index (χ3n) is 5.01. The predicted molar refractivity (Wildman–Crippen MR) is 112 cm³/mol. The number of nitrogens with one attached hydrogen (secondary N) is 2. The highest BCUT2D eigenvalue weighted by atomic mass is 35.5. The van der Waals surface area contributed by atoms with Gasteiger partial charge in [0.15, 0.2) is 0 Å². The summed E-state index contributed by atoms with van der Waals surface area (Å²) in [6, 6.07) is 13.6. The van der Waals surface area contributed by atoms with E-state index in [9.17, 15) is 14.4 Å². The molecule has 1 atom stereocenters. The van der Waals surface area contributed by atoms with Gasteiger partial charge in [0.1, 0.15) is 12.1 Å². The Morgan fingerprint density at radius 2 is 1.86 bits per heavy atom. The highest BCUT2D eigenvalue weighted by molar-refractivity contribution is 6.35. The highest BCUT2D eigenvalue weighted by Crippen LogP contribution is 2.32. The van der Waals surface area contributed by atoms with Crippen LogP contribution < -0.4 is 10.6 Å². The second-order valence-electron chi connectivity index (χ2n) is 6.78. The lowest BCUT2D eigenvalue weighted by molar-refractivity contribution is -0.135. The summed E-state index contributed by atoms with van der Waals surface area (Å²) in [5, 5.41) is 6.55. The van der Waals surface area contributed by atoms with E-state index in [1.807, 2.05) is 25.1 Å². The van der Waals surface area contributed by atoms with E-state index in [1.54, 1.807) is 30.3 Å². The minimum Gasteiger partial charge on any atom is -0.354 e. The number of carbonyl (C=O) groups is 3. The van der Waals surface area contributed by atoms with E-state index in [1.165, 1.54) is 0 Å². The normalized spacial score (nSPS) is 18.7. The SMILES string of the molecule is CCC1(c2ccccc2)NC(=O)N(CC(=O)NCCc2ccc(Cl)cc2Cl)C1=O. The monoisotopic (exact) mass is 433 g/mol. The molecular weight excluding hydrogens is 413 g/mol. The topological polar surface area (TPSA) is 78.5 Å². The van der Waals surface area contributed by atoms with Crippen LogP contribution in [0, 0.1) is 0 Å². The van der Waals surface area contributed by atoms with Crippen LogP contribution in [0.25, 0.3) is 0 Å². The van der Waals surface area contributed by atoms with E-state index in [0.717, 1.165) is 10.5 Å². The van der Waals surface area contributed by atoms with Gasteiger partial charge in [0, 0.05) is 16.6 Å².